The molecule has 18 heavy (non-hydrogen) atoms. The van der Waals surface area contributed by atoms with Crippen molar-refractivity contribution < 1.29 is 8.42 Å². The molecule has 2 rings (SSSR count). The molecule has 0 saturated carbocycles. The highest BCUT2D eigenvalue weighted by Crippen LogP contribution is 2.17. The van der Waals surface area contributed by atoms with Crippen LogP contribution in [-0.2, 0) is 23.6 Å². The molecule has 0 radical (unpaired) electrons. The van der Waals surface area contributed by atoms with Gasteiger partial charge >= 0.3 is 0 Å². The zero-order valence-corrected chi connectivity index (χ0v) is 10.7. The average molecular weight is 266 g/mol. The van der Waals surface area contributed by atoms with Gasteiger partial charge in [-0.15, -0.1) is 0 Å². The molecular weight excluding hydrogens is 252 g/mol. The number of hydrogen-bond donors (Lipinski definition) is 2. The van der Waals surface area contributed by atoms with Gasteiger partial charge in [-0.1, -0.05) is 18.2 Å². The molecule has 0 aliphatic heterocycles. The standard InChI is InChI=1S/C11H14N4O2S/c1-15-8-9(7-12)11(13-15)14-18(16,17)10-5-3-2-4-6-10/h2-6,8H,7,12H2,1H3,(H,13,14). The molecule has 3 N–H and O–H groups in total. The number of aryl methyl sites for hydroxylation is 1. The second kappa shape index (κ2) is 4.79. The highest BCUT2D eigenvalue weighted by atomic mass is 32.2. The molecule has 1 aromatic carbocycles. The largest absolute Gasteiger partial charge is 0.326 e. The first-order chi connectivity index (χ1) is 8.53. The maximum Gasteiger partial charge on any atom is 0.263 e. The lowest BCUT2D eigenvalue weighted by atomic mass is 10.3. The third kappa shape index (κ3) is 2.52. The fourth-order valence-corrected chi connectivity index (χ4v) is 2.62. The van der Waals surface area contributed by atoms with Crippen LogP contribution in [0.1, 0.15) is 5.56 Å². The monoisotopic (exact) mass is 266 g/mol. The number of nitrogens with zero attached hydrogens (tertiary/aromatic N) is 2. The summed E-state index contributed by atoms with van der Waals surface area (Å²) in [5, 5.41) is 4.04. The Labute approximate surface area is 105 Å². The Morgan fingerprint density at radius 2 is 2.00 bits per heavy atom. The minimum atomic E-state index is -3.61. The summed E-state index contributed by atoms with van der Waals surface area (Å²) in [5.41, 5.74) is 6.18. The minimum Gasteiger partial charge on any atom is -0.326 e. The van der Waals surface area contributed by atoms with Crippen molar-refractivity contribution in [2.24, 2.45) is 12.8 Å². The molecule has 0 saturated heterocycles. The number of anilines is 1. The summed E-state index contributed by atoms with van der Waals surface area (Å²) in [5.74, 6) is 0.267. The summed E-state index contributed by atoms with van der Waals surface area (Å²) in [6.45, 7) is 0.223. The van der Waals surface area contributed by atoms with Gasteiger partial charge in [0.1, 0.15) is 0 Å². The van der Waals surface area contributed by atoms with E-state index in [1.807, 2.05) is 0 Å². The fourth-order valence-electron chi connectivity index (χ4n) is 1.56. The van der Waals surface area contributed by atoms with Crippen LogP contribution in [0.2, 0.25) is 0 Å². The Kier molecular flexibility index (Phi) is 3.35. The van der Waals surface area contributed by atoms with Crippen molar-refractivity contribution in [2.75, 3.05) is 4.72 Å². The molecule has 6 nitrogen and oxygen atoms in total. The van der Waals surface area contributed by atoms with E-state index < -0.39 is 10.0 Å². The first-order valence-corrected chi connectivity index (χ1v) is 6.81. The lowest BCUT2D eigenvalue weighted by Gasteiger charge is -2.06. The van der Waals surface area contributed by atoms with Gasteiger partial charge < -0.3 is 5.73 Å². The van der Waals surface area contributed by atoms with E-state index in [0.29, 0.717) is 5.56 Å². The topological polar surface area (TPSA) is 90.0 Å². The molecule has 0 aliphatic carbocycles. The second-order valence-corrected chi connectivity index (χ2v) is 5.48. The van der Waals surface area contributed by atoms with Gasteiger partial charge in [0.2, 0.25) is 0 Å². The van der Waals surface area contributed by atoms with E-state index in [-0.39, 0.29) is 17.3 Å². The summed E-state index contributed by atoms with van der Waals surface area (Å²) in [6.07, 6.45) is 1.68. The van der Waals surface area contributed by atoms with Crippen molar-refractivity contribution in [3.63, 3.8) is 0 Å². The third-order valence-electron chi connectivity index (χ3n) is 2.41. The Morgan fingerprint density at radius 1 is 1.33 bits per heavy atom. The molecule has 0 aliphatic rings. The predicted octanol–water partition coefficient (Wildman–Crippen LogP) is 0.680. The van der Waals surface area contributed by atoms with Crippen LogP contribution >= 0.6 is 0 Å². The van der Waals surface area contributed by atoms with Gasteiger partial charge in [0.05, 0.1) is 4.90 Å². The molecule has 1 heterocycles. The first-order valence-electron chi connectivity index (χ1n) is 5.33. The van der Waals surface area contributed by atoms with E-state index >= 15 is 0 Å². The highest BCUT2D eigenvalue weighted by molar-refractivity contribution is 7.92. The number of hydrogen-bond acceptors (Lipinski definition) is 4. The SMILES string of the molecule is Cn1cc(CN)c(NS(=O)(=O)c2ccccc2)n1. The Hall–Kier alpha value is -1.86. The van der Waals surface area contributed by atoms with Crippen molar-refractivity contribution in [3.8, 4) is 0 Å². The molecule has 0 unspecified atom stereocenters. The molecule has 0 bridgehead atoms. The van der Waals surface area contributed by atoms with Gasteiger partial charge in [-0.2, -0.15) is 5.10 Å². The third-order valence-corrected chi connectivity index (χ3v) is 3.76. The normalized spacial score (nSPS) is 11.4. The van der Waals surface area contributed by atoms with E-state index in [1.165, 1.54) is 16.8 Å². The molecule has 0 amide bonds. The number of sulfonamides is 1. The van der Waals surface area contributed by atoms with Crippen LogP contribution in [-0.4, -0.2) is 18.2 Å². The predicted molar refractivity (Wildman–Crippen MR) is 68.3 cm³/mol. The van der Waals surface area contributed by atoms with Crippen molar-refractivity contribution in [3.05, 3.63) is 42.1 Å². The fraction of sp³-hybridized carbons (Fsp3) is 0.182. The number of aromatic nitrogens is 2. The van der Waals surface area contributed by atoms with Crippen molar-refractivity contribution in [1.29, 1.82) is 0 Å². The zero-order valence-electron chi connectivity index (χ0n) is 9.87. The smallest absolute Gasteiger partial charge is 0.263 e. The van der Waals surface area contributed by atoms with E-state index in [1.54, 1.807) is 31.4 Å². The minimum absolute atomic E-state index is 0.193. The van der Waals surface area contributed by atoms with E-state index in [0.717, 1.165) is 0 Å². The quantitative estimate of drug-likeness (QED) is 0.851. The summed E-state index contributed by atoms with van der Waals surface area (Å²) in [7, 11) is -1.91. The van der Waals surface area contributed by atoms with Crippen LogP contribution in [0.3, 0.4) is 0 Å². The van der Waals surface area contributed by atoms with Crippen LogP contribution in [0, 0.1) is 0 Å². The van der Waals surface area contributed by atoms with Crippen LogP contribution in [0.25, 0.3) is 0 Å². The molecule has 96 valence electrons. The van der Waals surface area contributed by atoms with Crippen molar-refractivity contribution in [2.45, 2.75) is 11.4 Å². The molecule has 0 atom stereocenters. The van der Waals surface area contributed by atoms with Gasteiger partial charge in [-0.05, 0) is 12.1 Å². The van der Waals surface area contributed by atoms with Crippen LogP contribution < -0.4 is 10.5 Å². The number of rotatable bonds is 4. The van der Waals surface area contributed by atoms with Crippen molar-refractivity contribution in [1.82, 2.24) is 9.78 Å². The Bertz CT molecular complexity index is 634. The van der Waals surface area contributed by atoms with E-state index in [2.05, 4.69) is 9.82 Å². The zero-order chi connectivity index (χ0) is 13.2. The summed E-state index contributed by atoms with van der Waals surface area (Å²) < 4.78 is 28.1. The van der Waals surface area contributed by atoms with Gasteiger partial charge in [-0.3, -0.25) is 9.40 Å². The van der Waals surface area contributed by atoms with Gasteiger partial charge in [0.15, 0.2) is 5.82 Å². The maximum atomic E-state index is 12.1. The molecular formula is C11H14N4O2S. The van der Waals surface area contributed by atoms with Gasteiger partial charge in [0, 0.05) is 25.4 Å². The van der Waals surface area contributed by atoms with Gasteiger partial charge in [-0.25, -0.2) is 8.42 Å². The van der Waals surface area contributed by atoms with Crippen molar-refractivity contribution >= 4 is 15.8 Å². The number of nitrogens with one attached hydrogen (secondary N) is 1. The summed E-state index contributed by atoms with van der Waals surface area (Å²) in [4.78, 5) is 0.193. The maximum absolute atomic E-state index is 12.1. The molecule has 0 fully saturated rings. The highest BCUT2D eigenvalue weighted by Gasteiger charge is 2.17. The van der Waals surface area contributed by atoms with Gasteiger partial charge in [0.25, 0.3) is 10.0 Å². The first kappa shape index (κ1) is 12.6. The Balaban J connectivity index is 2.34. The average Bonchev–Trinajstić information content (AvgIpc) is 2.70. The number of benzene rings is 1. The van der Waals surface area contributed by atoms with Crippen LogP contribution in [0.15, 0.2) is 41.4 Å². The molecule has 7 heteroatoms. The van der Waals surface area contributed by atoms with Crippen LogP contribution in [0.4, 0.5) is 5.82 Å². The van der Waals surface area contributed by atoms with E-state index in [9.17, 15) is 8.42 Å². The Morgan fingerprint density at radius 3 is 2.61 bits per heavy atom. The summed E-state index contributed by atoms with van der Waals surface area (Å²) in [6, 6.07) is 8.12. The van der Waals surface area contributed by atoms with E-state index in [4.69, 9.17) is 5.73 Å². The lowest BCUT2D eigenvalue weighted by Crippen LogP contribution is -2.15. The second-order valence-electron chi connectivity index (χ2n) is 3.80. The lowest BCUT2D eigenvalue weighted by molar-refractivity contribution is 0.601. The summed E-state index contributed by atoms with van der Waals surface area (Å²) >= 11 is 0. The molecule has 1 aromatic heterocycles. The number of nitrogens with two attached hydrogens (primary N) is 1. The molecule has 0 spiro atoms. The van der Waals surface area contributed by atoms with Crippen LogP contribution in [0.5, 0.6) is 0 Å². The molecule has 2 aromatic rings.